The van der Waals surface area contributed by atoms with Crippen molar-refractivity contribution in [3.8, 4) is 0 Å². The lowest BCUT2D eigenvalue weighted by Crippen LogP contribution is -2.57. The quantitative estimate of drug-likeness (QED) is 0.320. The van der Waals surface area contributed by atoms with Crippen LogP contribution >= 0.6 is 0 Å². The number of hydrogen-bond acceptors (Lipinski definition) is 6. The Morgan fingerprint density at radius 1 is 1.02 bits per heavy atom. The molecule has 2 N–H and O–H groups in total. The Kier molecular flexibility index (Phi) is 9.79. The second-order valence-corrected chi connectivity index (χ2v) is 14.4. The predicted molar refractivity (Wildman–Crippen MR) is 156 cm³/mol. The van der Waals surface area contributed by atoms with E-state index in [1.165, 1.54) is 18.4 Å². The first kappa shape index (κ1) is 31.3. The summed E-state index contributed by atoms with van der Waals surface area (Å²) in [7, 11) is -4.00. The minimum absolute atomic E-state index is 0.0271. The van der Waals surface area contributed by atoms with Gasteiger partial charge in [-0.2, -0.15) is 4.72 Å². The SMILES string of the molecule is CC(C)C[C@H](NS(=O)(=O)c1ccc2occc2c1)C(=O)NC(C)(C)CN(Cc1ccncc1)C(=O)CC(C)(C)C. The summed E-state index contributed by atoms with van der Waals surface area (Å²) < 4.78 is 34.5. The third kappa shape index (κ3) is 9.16. The number of aromatic nitrogens is 1. The fourth-order valence-corrected chi connectivity index (χ4v) is 5.73. The van der Waals surface area contributed by atoms with Gasteiger partial charge in [0.05, 0.1) is 16.7 Å². The molecule has 2 heterocycles. The van der Waals surface area contributed by atoms with Crippen LogP contribution in [-0.4, -0.2) is 48.2 Å². The molecule has 1 aromatic carbocycles. The number of benzene rings is 1. The molecule has 0 radical (unpaired) electrons. The van der Waals surface area contributed by atoms with Crippen molar-refractivity contribution < 1.29 is 22.4 Å². The lowest BCUT2D eigenvalue weighted by atomic mass is 9.91. The van der Waals surface area contributed by atoms with Gasteiger partial charge in [0.2, 0.25) is 21.8 Å². The number of sulfonamides is 1. The number of nitrogens with one attached hydrogen (secondary N) is 2. The van der Waals surface area contributed by atoms with Gasteiger partial charge >= 0.3 is 0 Å². The molecule has 40 heavy (non-hydrogen) atoms. The van der Waals surface area contributed by atoms with Crippen molar-refractivity contribution in [2.45, 2.75) is 84.3 Å². The largest absolute Gasteiger partial charge is 0.464 e. The first-order valence-electron chi connectivity index (χ1n) is 13.5. The summed E-state index contributed by atoms with van der Waals surface area (Å²) in [5, 5.41) is 3.66. The molecule has 0 aliphatic carbocycles. The van der Waals surface area contributed by atoms with E-state index < -0.39 is 27.5 Å². The number of nitrogens with zero attached hydrogens (tertiary/aromatic N) is 2. The normalized spacial score (nSPS) is 13.4. The number of pyridine rings is 1. The van der Waals surface area contributed by atoms with Crippen LogP contribution in [0.2, 0.25) is 0 Å². The van der Waals surface area contributed by atoms with Crippen LogP contribution in [-0.2, 0) is 26.2 Å². The molecule has 0 saturated carbocycles. The minimum Gasteiger partial charge on any atom is -0.464 e. The van der Waals surface area contributed by atoms with E-state index in [9.17, 15) is 18.0 Å². The zero-order valence-electron chi connectivity index (χ0n) is 24.5. The van der Waals surface area contributed by atoms with Gasteiger partial charge in [0.25, 0.3) is 0 Å². The predicted octanol–water partition coefficient (Wildman–Crippen LogP) is 4.88. The molecule has 218 valence electrons. The van der Waals surface area contributed by atoms with Gasteiger partial charge in [-0.1, -0.05) is 34.6 Å². The number of furan rings is 1. The number of carbonyl (C=O) groups is 2. The highest BCUT2D eigenvalue weighted by atomic mass is 32.2. The molecular formula is C30H42N4O5S. The highest BCUT2D eigenvalue weighted by Crippen LogP contribution is 2.23. The van der Waals surface area contributed by atoms with Gasteiger partial charge in [-0.25, -0.2) is 8.42 Å². The summed E-state index contributed by atoms with van der Waals surface area (Å²) in [6.07, 6.45) is 5.51. The van der Waals surface area contributed by atoms with E-state index in [4.69, 9.17) is 4.42 Å². The van der Waals surface area contributed by atoms with Gasteiger partial charge in [-0.05, 0) is 73.6 Å². The van der Waals surface area contributed by atoms with Crippen molar-refractivity contribution in [2.24, 2.45) is 11.3 Å². The second kappa shape index (κ2) is 12.5. The first-order valence-corrected chi connectivity index (χ1v) is 15.0. The van der Waals surface area contributed by atoms with Crippen LogP contribution in [0.15, 0.2) is 64.4 Å². The van der Waals surface area contributed by atoms with Crippen molar-refractivity contribution in [3.63, 3.8) is 0 Å². The van der Waals surface area contributed by atoms with Gasteiger partial charge in [-0.15, -0.1) is 0 Å². The molecule has 9 nitrogen and oxygen atoms in total. The van der Waals surface area contributed by atoms with Crippen LogP contribution in [0, 0.1) is 11.3 Å². The van der Waals surface area contributed by atoms with Crippen molar-refractivity contribution >= 4 is 32.8 Å². The average Bonchev–Trinajstić information content (AvgIpc) is 3.30. The maximum absolute atomic E-state index is 13.5. The Hall–Kier alpha value is -3.24. The van der Waals surface area contributed by atoms with Gasteiger partial charge in [-0.3, -0.25) is 14.6 Å². The summed E-state index contributed by atoms with van der Waals surface area (Å²) in [5.74, 6) is -0.422. The van der Waals surface area contributed by atoms with E-state index in [0.717, 1.165) is 5.56 Å². The zero-order chi connectivity index (χ0) is 29.7. The first-order chi connectivity index (χ1) is 18.5. The van der Waals surface area contributed by atoms with Crippen molar-refractivity contribution in [1.29, 1.82) is 0 Å². The molecule has 0 fully saturated rings. The molecule has 0 saturated heterocycles. The Morgan fingerprint density at radius 2 is 1.70 bits per heavy atom. The number of hydrogen-bond donors (Lipinski definition) is 2. The highest BCUT2D eigenvalue weighted by Gasteiger charge is 2.33. The van der Waals surface area contributed by atoms with Gasteiger partial charge < -0.3 is 14.6 Å². The van der Waals surface area contributed by atoms with Crippen LogP contribution in [0.5, 0.6) is 0 Å². The molecule has 2 aromatic heterocycles. The lowest BCUT2D eigenvalue weighted by molar-refractivity contribution is -0.136. The van der Waals surface area contributed by atoms with Crippen molar-refractivity contribution in [2.75, 3.05) is 6.54 Å². The van der Waals surface area contributed by atoms with Crippen LogP contribution in [0.1, 0.15) is 66.9 Å². The van der Waals surface area contributed by atoms with Gasteiger partial charge in [0.1, 0.15) is 11.6 Å². The van der Waals surface area contributed by atoms with Crippen molar-refractivity contribution in [3.05, 3.63) is 60.6 Å². The highest BCUT2D eigenvalue weighted by molar-refractivity contribution is 7.89. The molecule has 0 aliphatic heterocycles. The van der Waals surface area contributed by atoms with E-state index in [0.29, 0.717) is 30.4 Å². The van der Waals surface area contributed by atoms with Crippen LogP contribution in [0.25, 0.3) is 11.0 Å². The molecule has 10 heteroatoms. The average molecular weight is 571 g/mol. The van der Waals surface area contributed by atoms with Crippen LogP contribution in [0.3, 0.4) is 0 Å². The Balaban J connectivity index is 1.79. The topological polar surface area (TPSA) is 122 Å². The monoisotopic (exact) mass is 570 g/mol. The Morgan fingerprint density at radius 3 is 2.33 bits per heavy atom. The molecule has 0 aliphatic rings. The summed E-state index contributed by atoms with van der Waals surface area (Å²) in [4.78, 5) is 32.7. The number of rotatable bonds is 12. The van der Waals surface area contributed by atoms with Crippen LogP contribution in [0.4, 0.5) is 0 Å². The van der Waals surface area contributed by atoms with E-state index in [1.807, 2.05) is 60.6 Å². The third-order valence-corrected chi connectivity index (χ3v) is 7.73. The molecule has 2 amide bonds. The molecular weight excluding hydrogens is 528 g/mol. The third-order valence-electron chi connectivity index (χ3n) is 6.26. The van der Waals surface area contributed by atoms with E-state index in [1.54, 1.807) is 29.4 Å². The summed E-state index contributed by atoms with van der Waals surface area (Å²) in [6, 6.07) is 8.98. The summed E-state index contributed by atoms with van der Waals surface area (Å²) >= 11 is 0. The zero-order valence-corrected chi connectivity index (χ0v) is 25.3. The van der Waals surface area contributed by atoms with E-state index in [-0.39, 0.29) is 28.7 Å². The molecule has 0 unspecified atom stereocenters. The fraction of sp³-hybridized carbons (Fsp3) is 0.500. The Bertz CT molecular complexity index is 1410. The molecule has 0 bridgehead atoms. The van der Waals surface area contributed by atoms with E-state index >= 15 is 0 Å². The smallest absolute Gasteiger partial charge is 0.241 e. The molecule has 0 spiro atoms. The second-order valence-electron chi connectivity index (χ2n) is 12.6. The summed E-state index contributed by atoms with van der Waals surface area (Å²) in [6.45, 7) is 14.2. The minimum atomic E-state index is -4.00. The fourth-order valence-electron chi connectivity index (χ4n) is 4.49. The standard InChI is InChI=1S/C30H42N4O5S/c1-21(2)16-25(33-40(37,38)24-8-9-26-23(17-24)12-15-39-26)28(36)32-30(6,7)20-34(27(35)18-29(3,4)5)19-22-10-13-31-14-11-22/h8-15,17,21,25,33H,16,18-20H2,1-7H3,(H,32,36)/t25-/m0/s1. The lowest BCUT2D eigenvalue weighted by Gasteiger charge is -2.36. The molecule has 1 atom stereocenters. The number of fused-ring (bicyclic) bond motifs is 1. The maximum atomic E-state index is 13.5. The van der Waals surface area contributed by atoms with Crippen molar-refractivity contribution in [1.82, 2.24) is 19.9 Å². The molecule has 3 rings (SSSR count). The Labute approximate surface area is 237 Å². The van der Waals surface area contributed by atoms with E-state index in [2.05, 4.69) is 15.0 Å². The van der Waals surface area contributed by atoms with Gasteiger partial charge in [0, 0.05) is 37.3 Å². The number of amides is 2. The summed E-state index contributed by atoms with van der Waals surface area (Å²) in [5.41, 5.74) is 0.462. The van der Waals surface area contributed by atoms with Gasteiger partial charge in [0.15, 0.2) is 0 Å². The van der Waals surface area contributed by atoms with Crippen LogP contribution < -0.4 is 10.0 Å². The molecule has 3 aromatic rings. The maximum Gasteiger partial charge on any atom is 0.241 e. The number of carbonyl (C=O) groups excluding carboxylic acids is 2.